The summed E-state index contributed by atoms with van der Waals surface area (Å²) in [4.78, 5) is 12.7. The molecule has 8 aromatic rings. The molecule has 0 saturated carbocycles. The van der Waals surface area contributed by atoms with Crippen molar-refractivity contribution >= 4 is 92.6 Å². The molecule has 1 unspecified atom stereocenters. The van der Waals surface area contributed by atoms with Crippen LogP contribution < -0.4 is 9.64 Å². The quantitative estimate of drug-likeness (QED) is 0.0506. The maximum atomic E-state index is 6.19. The zero-order valence-corrected chi connectivity index (χ0v) is 41.8. The first-order valence-corrected chi connectivity index (χ1v) is 27.8. The largest absolute Gasteiger partial charge is 0.493 e. The molecule has 8 rings (SSSR count). The Morgan fingerprint density at radius 1 is 0.540 bits per heavy atom. The average molecular weight is 933 g/mol. The van der Waals surface area contributed by atoms with Crippen molar-refractivity contribution < 1.29 is 4.74 Å². The number of benzene rings is 2. The van der Waals surface area contributed by atoms with Gasteiger partial charge in [0.15, 0.2) is 0 Å². The highest BCUT2D eigenvalue weighted by molar-refractivity contribution is 7.31. The van der Waals surface area contributed by atoms with Gasteiger partial charge >= 0.3 is 0 Å². The number of aromatic nitrogens is 3. The third-order valence-electron chi connectivity index (χ3n) is 12.5. The molecule has 0 aliphatic carbocycles. The lowest BCUT2D eigenvalue weighted by Gasteiger charge is -2.25. The Labute approximate surface area is 395 Å². The van der Waals surface area contributed by atoms with E-state index in [1.807, 2.05) is 51.5 Å². The molecule has 5 nitrogen and oxygen atoms in total. The highest BCUT2D eigenvalue weighted by atomic mass is 32.1. The molecule has 2 aromatic carbocycles. The number of anilines is 1. The van der Waals surface area contributed by atoms with E-state index in [1.165, 1.54) is 165 Å². The maximum Gasteiger partial charge on any atom is 0.132 e. The second kappa shape index (κ2) is 23.0. The van der Waals surface area contributed by atoms with Crippen LogP contribution in [0.2, 0.25) is 0 Å². The van der Waals surface area contributed by atoms with Gasteiger partial charge < -0.3 is 9.64 Å². The molecule has 63 heavy (non-hydrogen) atoms. The van der Waals surface area contributed by atoms with Crippen LogP contribution in [0.15, 0.2) is 79.0 Å². The second-order valence-electron chi connectivity index (χ2n) is 17.2. The number of thiophene rings is 4. The third-order valence-corrected chi connectivity index (χ3v) is 17.7. The molecule has 10 heteroatoms. The summed E-state index contributed by atoms with van der Waals surface area (Å²) < 4.78 is 21.0. The molecule has 0 fully saturated rings. The van der Waals surface area contributed by atoms with Gasteiger partial charge in [0.05, 0.1) is 23.2 Å². The predicted octanol–water partition coefficient (Wildman–Crippen LogP) is 18.4. The summed E-state index contributed by atoms with van der Waals surface area (Å²) in [5, 5.41) is 0. The Kier molecular flexibility index (Phi) is 16.7. The fourth-order valence-electron chi connectivity index (χ4n) is 8.54. The number of hydrogen-bond donors (Lipinski definition) is 0. The number of fused-ring (bicyclic) bond motifs is 3. The standard InChI is InChI=1S/C53H64N4OS5/c1-5-9-12-14-16-18-29-57(30-19-17-15-13-10-6-2)40-25-21-38(22-26-40)43-32-47-49(60-43)34-50(62-47)52-53-51(55-63-56-53)42(35-54-52)45-33-48-46(61-45)31-44(59-48)39-23-27-41(28-24-39)58-36-37(8-4)20-11-7-3/h21-28,31-35,37H,5-20,29-30,36H2,1-4H3. The molecular formula is C53H64N4OS5. The molecule has 1 atom stereocenters. The number of rotatable bonds is 26. The first-order valence-electron chi connectivity index (χ1n) is 23.8. The van der Waals surface area contributed by atoms with E-state index in [-0.39, 0.29) is 0 Å². The van der Waals surface area contributed by atoms with Gasteiger partial charge in [-0.3, -0.25) is 4.98 Å². The normalized spacial score (nSPS) is 12.3. The van der Waals surface area contributed by atoms with Crippen molar-refractivity contribution in [3.63, 3.8) is 0 Å². The Hall–Kier alpha value is -3.67. The lowest BCUT2D eigenvalue weighted by atomic mass is 10.0. The van der Waals surface area contributed by atoms with E-state index >= 15 is 0 Å². The van der Waals surface area contributed by atoms with E-state index in [0.717, 1.165) is 52.6 Å². The van der Waals surface area contributed by atoms with E-state index in [1.54, 1.807) is 0 Å². The monoisotopic (exact) mass is 932 g/mol. The van der Waals surface area contributed by atoms with Gasteiger partial charge in [0.25, 0.3) is 0 Å². The number of nitrogens with zero attached hydrogens (tertiary/aromatic N) is 4. The second-order valence-corrected chi connectivity index (χ2v) is 22.1. The molecule has 0 radical (unpaired) electrons. The van der Waals surface area contributed by atoms with Crippen molar-refractivity contribution in [3.05, 3.63) is 79.0 Å². The minimum Gasteiger partial charge on any atom is -0.493 e. The summed E-state index contributed by atoms with van der Waals surface area (Å²) in [6, 6.07) is 27.3. The highest BCUT2D eigenvalue weighted by Gasteiger charge is 2.20. The van der Waals surface area contributed by atoms with Crippen molar-refractivity contribution in [2.75, 3.05) is 24.6 Å². The molecule has 0 bridgehead atoms. The van der Waals surface area contributed by atoms with Gasteiger partial charge in [-0.15, -0.1) is 45.3 Å². The van der Waals surface area contributed by atoms with Crippen LogP contribution in [0.4, 0.5) is 5.69 Å². The van der Waals surface area contributed by atoms with Crippen molar-refractivity contribution in [1.29, 1.82) is 0 Å². The van der Waals surface area contributed by atoms with Gasteiger partial charge in [0.2, 0.25) is 0 Å². The van der Waals surface area contributed by atoms with E-state index in [9.17, 15) is 0 Å². The van der Waals surface area contributed by atoms with Crippen LogP contribution in [0, 0.1) is 5.92 Å². The van der Waals surface area contributed by atoms with Gasteiger partial charge in [-0.05, 0) is 97.0 Å². The zero-order chi connectivity index (χ0) is 43.4. The van der Waals surface area contributed by atoms with Crippen LogP contribution in [0.25, 0.3) is 71.7 Å². The Balaban J connectivity index is 0.926. The number of pyridine rings is 1. The van der Waals surface area contributed by atoms with Crippen molar-refractivity contribution in [3.8, 4) is 47.6 Å². The van der Waals surface area contributed by atoms with Crippen LogP contribution in [0.1, 0.15) is 130 Å². The number of unbranched alkanes of at least 4 members (excludes halogenated alkanes) is 11. The number of ether oxygens (including phenoxy) is 1. The zero-order valence-electron chi connectivity index (χ0n) is 37.8. The third kappa shape index (κ3) is 11.6. The Bertz CT molecular complexity index is 2530. The van der Waals surface area contributed by atoms with Gasteiger partial charge in [-0.1, -0.05) is 123 Å². The smallest absolute Gasteiger partial charge is 0.132 e. The Morgan fingerprint density at radius 2 is 1.05 bits per heavy atom. The lowest BCUT2D eigenvalue weighted by Crippen LogP contribution is -2.25. The average Bonchev–Trinajstić information content (AvgIpc) is 4.16. The van der Waals surface area contributed by atoms with Crippen LogP contribution in [0.3, 0.4) is 0 Å². The van der Waals surface area contributed by atoms with Crippen LogP contribution in [-0.4, -0.2) is 33.4 Å². The van der Waals surface area contributed by atoms with E-state index < -0.39 is 0 Å². The molecule has 0 aliphatic heterocycles. The van der Waals surface area contributed by atoms with Gasteiger partial charge in [-0.2, -0.15) is 8.75 Å². The summed E-state index contributed by atoms with van der Waals surface area (Å²) in [5.74, 6) is 1.58. The van der Waals surface area contributed by atoms with Gasteiger partial charge in [0.1, 0.15) is 22.5 Å². The first kappa shape index (κ1) is 45.9. The van der Waals surface area contributed by atoms with Crippen molar-refractivity contribution in [2.45, 2.75) is 130 Å². The van der Waals surface area contributed by atoms with Crippen LogP contribution in [-0.2, 0) is 0 Å². The summed E-state index contributed by atoms with van der Waals surface area (Å²) in [6.45, 7) is 12.2. The topological polar surface area (TPSA) is 51.1 Å². The molecule has 0 N–H and O–H groups in total. The minimum absolute atomic E-state index is 0.627. The summed E-state index contributed by atoms with van der Waals surface area (Å²) >= 11 is 8.62. The summed E-state index contributed by atoms with van der Waals surface area (Å²) in [7, 11) is 0. The minimum atomic E-state index is 0.627. The molecule has 0 aliphatic rings. The maximum absolute atomic E-state index is 6.19. The molecule has 332 valence electrons. The lowest BCUT2D eigenvalue weighted by molar-refractivity contribution is 0.233. The molecule has 0 spiro atoms. The van der Waals surface area contributed by atoms with Crippen LogP contribution in [0.5, 0.6) is 5.75 Å². The van der Waals surface area contributed by atoms with Crippen LogP contribution >= 0.6 is 57.1 Å². The predicted molar refractivity (Wildman–Crippen MR) is 281 cm³/mol. The molecule has 6 heterocycles. The first-order chi connectivity index (χ1) is 31.0. The Morgan fingerprint density at radius 3 is 1.65 bits per heavy atom. The molecule has 6 aromatic heterocycles. The molecule has 0 saturated heterocycles. The summed E-state index contributed by atoms with van der Waals surface area (Å²) in [5.41, 5.74) is 7.72. The van der Waals surface area contributed by atoms with E-state index in [2.05, 4.69) is 105 Å². The van der Waals surface area contributed by atoms with Crippen molar-refractivity contribution in [1.82, 2.24) is 13.7 Å². The van der Waals surface area contributed by atoms with E-state index in [4.69, 9.17) is 18.5 Å². The fourth-order valence-corrected chi connectivity index (χ4v) is 13.9. The van der Waals surface area contributed by atoms with Crippen molar-refractivity contribution in [2.24, 2.45) is 5.92 Å². The highest BCUT2D eigenvalue weighted by Crippen LogP contribution is 2.46. The summed E-state index contributed by atoms with van der Waals surface area (Å²) in [6.07, 6.45) is 23.0. The van der Waals surface area contributed by atoms with Gasteiger partial charge in [0, 0.05) is 64.0 Å². The molecular weight excluding hydrogens is 869 g/mol. The molecule has 0 amide bonds. The SMILES string of the molecule is CCCCCCCCN(CCCCCCCC)c1ccc(-c2cc3sc(-c4ncc(-c5cc6sc(-c7ccc(OCC(CC)CCCC)cc7)cc6s5)c5nsnc45)cc3s2)cc1. The van der Waals surface area contributed by atoms with E-state index in [0.29, 0.717) is 5.92 Å². The fraction of sp³-hybridized carbons (Fsp3) is 0.453. The number of hydrogen-bond acceptors (Lipinski definition) is 10. The van der Waals surface area contributed by atoms with Gasteiger partial charge in [-0.25, -0.2) is 0 Å².